The zero-order chi connectivity index (χ0) is 8.69. The van der Waals surface area contributed by atoms with Gasteiger partial charge in [0.25, 0.3) is 0 Å². The van der Waals surface area contributed by atoms with Gasteiger partial charge in [-0.1, -0.05) is 0 Å². The first kappa shape index (κ1) is 10.4. The first-order valence-electron chi connectivity index (χ1n) is 3.79. The Bertz CT molecular complexity index is 117. The standard InChI is InChI=1S/C7H16N2O2/c1-6(3-2-4-10)9-5-7(8)11/h6,9-10H,2-5H2,1H3,(H2,8,11). The Morgan fingerprint density at radius 1 is 1.73 bits per heavy atom. The predicted octanol–water partition coefficient (Wildman–Crippen LogP) is -0.778. The van der Waals surface area contributed by atoms with Crippen LogP contribution in [0.25, 0.3) is 0 Å². The lowest BCUT2D eigenvalue weighted by atomic mass is 10.2. The van der Waals surface area contributed by atoms with Crippen molar-refractivity contribution >= 4 is 5.91 Å². The topological polar surface area (TPSA) is 75.3 Å². The van der Waals surface area contributed by atoms with Crippen molar-refractivity contribution in [2.45, 2.75) is 25.8 Å². The summed E-state index contributed by atoms with van der Waals surface area (Å²) in [6.45, 7) is 2.37. The summed E-state index contributed by atoms with van der Waals surface area (Å²) in [6, 6.07) is 0.245. The van der Waals surface area contributed by atoms with E-state index in [0.717, 1.165) is 12.8 Å². The summed E-state index contributed by atoms with van der Waals surface area (Å²) < 4.78 is 0. The van der Waals surface area contributed by atoms with Gasteiger partial charge in [0.1, 0.15) is 0 Å². The number of rotatable bonds is 6. The molecular weight excluding hydrogens is 144 g/mol. The van der Waals surface area contributed by atoms with Crippen molar-refractivity contribution in [2.75, 3.05) is 13.2 Å². The number of aliphatic hydroxyl groups excluding tert-OH is 1. The second-order valence-electron chi connectivity index (χ2n) is 2.61. The molecule has 0 aliphatic heterocycles. The van der Waals surface area contributed by atoms with E-state index < -0.39 is 0 Å². The van der Waals surface area contributed by atoms with Crippen LogP contribution in [0.15, 0.2) is 0 Å². The highest BCUT2D eigenvalue weighted by Gasteiger charge is 2.01. The van der Waals surface area contributed by atoms with Crippen LogP contribution in [0.2, 0.25) is 0 Å². The number of nitrogens with one attached hydrogen (secondary N) is 1. The molecule has 1 unspecified atom stereocenters. The summed E-state index contributed by atoms with van der Waals surface area (Å²) in [5.74, 6) is -0.346. The molecule has 0 aliphatic rings. The highest BCUT2D eigenvalue weighted by molar-refractivity contribution is 5.75. The van der Waals surface area contributed by atoms with E-state index in [4.69, 9.17) is 10.8 Å². The van der Waals surface area contributed by atoms with Crippen LogP contribution >= 0.6 is 0 Å². The van der Waals surface area contributed by atoms with Crippen molar-refractivity contribution in [3.8, 4) is 0 Å². The molecule has 1 atom stereocenters. The molecule has 66 valence electrons. The van der Waals surface area contributed by atoms with Crippen LogP contribution in [0.5, 0.6) is 0 Å². The molecule has 0 aromatic rings. The lowest BCUT2D eigenvalue weighted by Gasteiger charge is -2.10. The van der Waals surface area contributed by atoms with Gasteiger partial charge in [-0.2, -0.15) is 0 Å². The predicted molar refractivity (Wildman–Crippen MR) is 43.0 cm³/mol. The minimum absolute atomic E-state index is 0.197. The van der Waals surface area contributed by atoms with Crippen molar-refractivity contribution < 1.29 is 9.90 Å². The lowest BCUT2D eigenvalue weighted by Crippen LogP contribution is -2.34. The molecular formula is C7H16N2O2. The number of hydrogen-bond donors (Lipinski definition) is 3. The second-order valence-corrected chi connectivity index (χ2v) is 2.61. The summed E-state index contributed by atoms with van der Waals surface area (Å²) in [5, 5.41) is 11.4. The van der Waals surface area contributed by atoms with Gasteiger partial charge < -0.3 is 16.2 Å². The van der Waals surface area contributed by atoms with Gasteiger partial charge in [-0.05, 0) is 19.8 Å². The molecule has 0 spiro atoms. The van der Waals surface area contributed by atoms with Crippen molar-refractivity contribution in [1.82, 2.24) is 5.32 Å². The van der Waals surface area contributed by atoms with Gasteiger partial charge >= 0.3 is 0 Å². The van der Waals surface area contributed by atoms with E-state index in [9.17, 15) is 4.79 Å². The number of hydrogen-bond acceptors (Lipinski definition) is 3. The quantitative estimate of drug-likeness (QED) is 0.477. The third-order valence-corrected chi connectivity index (χ3v) is 1.42. The molecule has 4 heteroatoms. The van der Waals surface area contributed by atoms with E-state index >= 15 is 0 Å². The summed E-state index contributed by atoms with van der Waals surface area (Å²) in [4.78, 5) is 10.3. The van der Waals surface area contributed by atoms with E-state index in [1.165, 1.54) is 0 Å². The van der Waals surface area contributed by atoms with E-state index in [-0.39, 0.29) is 25.1 Å². The highest BCUT2D eigenvalue weighted by atomic mass is 16.2. The molecule has 1 amide bonds. The molecule has 0 aromatic heterocycles. The Kier molecular flexibility index (Phi) is 5.78. The molecule has 4 nitrogen and oxygen atoms in total. The SMILES string of the molecule is CC(CCCO)NCC(N)=O. The minimum Gasteiger partial charge on any atom is -0.396 e. The first-order chi connectivity index (χ1) is 5.16. The molecule has 11 heavy (non-hydrogen) atoms. The van der Waals surface area contributed by atoms with Crippen molar-refractivity contribution in [1.29, 1.82) is 0 Å². The maximum Gasteiger partial charge on any atom is 0.231 e. The monoisotopic (exact) mass is 160 g/mol. The van der Waals surface area contributed by atoms with Crippen LogP contribution in [-0.4, -0.2) is 30.2 Å². The zero-order valence-corrected chi connectivity index (χ0v) is 6.84. The fourth-order valence-electron chi connectivity index (χ4n) is 0.774. The summed E-state index contributed by atoms with van der Waals surface area (Å²) in [6.07, 6.45) is 1.62. The Labute approximate surface area is 66.8 Å². The van der Waals surface area contributed by atoms with E-state index in [1.807, 2.05) is 6.92 Å². The van der Waals surface area contributed by atoms with Crippen molar-refractivity contribution in [3.05, 3.63) is 0 Å². The molecule has 0 rings (SSSR count). The number of aliphatic hydroxyl groups is 1. The van der Waals surface area contributed by atoms with Crippen LogP contribution in [0, 0.1) is 0 Å². The van der Waals surface area contributed by atoms with E-state index in [2.05, 4.69) is 5.32 Å². The van der Waals surface area contributed by atoms with Crippen molar-refractivity contribution in [2.24, 2.45) is 5.73 Å². The lowest BCUT2D eigenvalue weighted by molar-refractivity contribution is -0.117. The molecule has 0 aliphatic carbocycles. The van der Waals surface area contributed by atoms with Gasteiger partial charge in [0.05, 0.1) is 6.54 Å². The Hall–Kier alpha value is -0.610. The molecule has 0 saturated heterocycles. The molecule has 0 aromatic carbocycles. The van der Waals surface area contributed by atoms with Gasteiger partial charge in [0.2, 0.25) is 5.91 Å². The molecule has 0 bridgehead atoms. The fraction of sp³-hybridized carbons (Fsp3) is 0.857. The van der Waals surface area contributed by atoms with Gasteiger partial charge in [-0.15, -0.1) is 0 Å². The van der Waals surface area contributed by atoms with E-state index in [1.54, 1.807) is 0 Å². The number of nitrogens with two attached hydrogens (primary N) is 1. The smallest absolute Gasteiger partial charge is 0.231 e. The van der Waals surface area contributed by atoms with Crippen LogP contribution < -0.4 is 11.1 Å². The maximum atomic E-state index is 10.3. The Balaban J connectivity index is 3.22. The average Bonchev–Trinajstić information content (AvgIpc) is 1.97. The zero-order valence-electron chi connectivity index (χ0n) is 6.84. The Morgan fingerprint density at radius 2 is 2.36 bits per heavy atom. The highest BCUT2D eigenvalue weighted by Crippen LogP contribution is 1.93. The number of amides is 1. The van der Waals surface area contributed by atoms with Crippen LogP contribution in [0.1, 0.15) is 19.8 Å². The summed E-state index contributed by atoms with van der Waals surface area (Å²) in [5.41, 5.74) is 4.92. The summed E-state index contributed by atoms with van der Waals surface area (Å²) >= 11 is 0. The first-order valence-corrected chi connectivity index (χ1v) is 3.79. The minimum atomic E-state index is -0.346. The van der Waals surface area contributed by atoms with Gasteiger partial charge in [0, 0.05) is 12.6 Å². The average molecular weight is 160 g/mol. The fourth-order valence-corrected chi connectivity index (χ4v) is 0.774. The van der Waals surface area contributed by atoms with Gasteiger partial charge in [-0.25, -0.2) is 0 Å². The summed E-state index contributed by atoms with van der Waals surface area (Å²) in [7, 11) is 0. The molecule has 4 N–H and O–H groups in total. The maximum absolute atomic E-state index is 10.3. The van der Waals surface area contributed by atoms with Crippen LogP contribution in [-0.2, 0) is 4.79 Å². The number of carbonyl (C=O) groups is 1. The molecule has 0 fully saturated rings. The normalized spacial score (nSPS) is 12.9. The van der Waals surface area contributed by atoms with Crippen LogP contribution in [0.3, 0.4) is 0 Å². The second kappa shape index (κ2) is 6.12. The van der Waals surface area contributed by atoms with Gasteiger partial charge in [0.15, 0.2) is 0 Å². The van der Waals surface area contributed by atoms with Gasteiger partial charge in [-0.3, -0.25) is 4.79 Å². The molecule has 0 saturated carbocycles. The number of primary amides is 1. The van der Waals surface area contributed by atoms with Crippen molar-refractivity contribution in [3.63, 3.8) is 0 Å². The molecule has 0 radical (unpaired) electrons. The van der Waals surface area contributed by atoms with E-state index in [0.29, 0.717) is 0 Å². The Morgan fingerprint density at radius 3 is 2.82 bits per heavy atom. The third kappa shape index (κ3) is 7.29. The molecule has 0 heterocycles. The largest absolute Gasteiger partial charge is 0.396 e. The van der Waals surface area contributed by atoms with Crippen LogP contribution in [0.4, 0.5) is 0 Å². The number of carbonyl (C=O) groups excluding carboxylic acids is 1. The third-order valence-electron chi connectivity index (χ3n) is 1.42.